The second-order valence-corrected chi connectivity index (χ2v) is 4.92. The fourth-order valence-corrected chi connectivity index (χ4v) is 2.61. The van der Waals surface area contributed by atoms with E-state index in [1.165, 1.54) is 13.0 Å². The number of hydrogen-bond donors (Lipinski definition) is 1. The number of hydrogen-bond acceptors (Lipinski definition) is 4. The fraction of sp³-hybridized carbons (Fsp3) is 0.692. The molecule has 5 heteroatoms. The van der Waals surface area contributed by atoms with Crippen LogP contribution in [0, 0.1) is 18.3 Å². The highest BCUT2D eigenvalue weighted by Gasteiger charge is 2.21. The molecule has 0 aromatic carbocycles. The second kappa shape index (κ2) is 5.40. The molecular weight excluding hydrogens is 226 g/mol. The van der Waals surface area contributed by atoms with Gasteiger partial charge in [0.1, 0.15) is 17.5 Å². The minimum absolute atomic E-state index is 0.417. The van der Waals surface area contributed by atoms with Crippen LogP contribution in [0.1, 0.15) is 31.0 Å². The summed E-state index contributed by atoms with van der Waals surface area (Å²) < 4.78 is 1.78. The molecule has 1 unspecified atom stereocenters. The molecular formula is C13H21N5. The Morgan fingerprint density at radius 2 is 2.33 bits per heavy atom. The van der Waals surface area contributed by atoms with E-state index in [9.17, 15) is 5.26 Å². The summed E-state index contributed by atoms with van der Waals surface area (Å²) in [6.07, 6.45) is 2.37. The first-order chi connectivity index (χ1) is 8.65. The van der Waals surface area contributed by atoms with Crippen LogP contribution < -0.4 is 5.32 Å². The standard InChI is InChI=1S/C13H21N5/c1-4-18-7-5-6-11(9-18)15-13-12(8-14)10(2)16-17(13)3/h11,15H,4-7,9H2,1-3H3. The lowest BCUT2D eigenvalue weighted by molar-refractivity contribution is 0.226. The Kier molecular flexibility index (Phi) is 3.87. The third-order valence-electron chi connectivity index (χ3n) is 3.63. The molecule has 2 heterocycles. The zero-order valence-electron chi connectivity index (χ0n) is 11.4. The van der Waals surface area contributed by atoms with Gasteiger partial charge in [-0.05, 0) is 32.9 Å². The van der Waals surface area contributed by atoms with E-state index >= 15 is 0 Å². The summed E-state index contributed by atoms with van der Waals surface area (Å²) in [4.78, 5) is 2.44. The smallest absolute Gasteiger partial charge is 0.142 e. The van der Waals surface area contributed by atoms with Crippen molar-refractivity contribution >= 4 is 5.82 Å². The van der Waals surface area contributed by atoms with E-state index in [2.05, 4.69) is 28.3 Å². The monoisotopic (exact) mass is 247 g/mol. The van der Waals surface area contributed by atoms with Crippen LogP contribution in [0.25, 0.3) is 0 Å². The molecule has 0 amide bonds. The number of rotatable bonds is 3. The van der Waals surface area contributed by atoms with Crippen molar-refractivity contribution in [1.82, 2.24) is 14.7 Å². The summed E-state index contributed by atoms with van der Waals surface area (Å²) in [5, 5.41) is 17.0. The number of nitrogens with zero attached hydrogens (tertiary/aromatic N) is 4. The van der Waals surface area contributed by atoms with Crippen molar-refractivity contribution in [2.45, 2.75) is 32.7 Å². The van der Waals surface area contributed by atoms with Crippen molar-refractivity contribution in [2.75, 3.05) is 25.0 Å². The summed E-state index contributed by atoms with van der Waals surface area (Å²) >= 11 is 0. The maximum Gasteiger partial charge on any atom is 0.142 e. The van der Waals surface area contributed by atoms with E-state index in [0.717, 1.165) is 31.0 Å². The van der Waals surface area contributed by atoms with E-state index in [-0.39, 0.29) is 0 Å². The first-order valence-corrected chi connectivity index (χ1v) is 6.58. The van der Waals surface area contributed by atoms with Gasteiger partial charge < -0.3 is 10.2 Å². The number of aromatic nitrogens is 2. The molecule has 0 aliphatic carbocycles. The van der Waals surface area contributed by atoms with Gasteiger partial charge in [0, 0.05) is 19.6 Å². The number of piperidine rings is 1. The lowest BCUT2D eigenvalue weighted by Gasteiger charge is -2.32. The molecule has 1 aliphatic rings. The van der Waals surface area contributed by atoms with Crippen molar-refractivity contribution in [2.24, 2.45) is 7.05 Å². The molecule has 1 aromatic heterocycles. The molecule has 5 nitrogen and oxygen atoms in total. The Balaban J connectivity index is 2.12. The third-order valence-corrected chi connectivity index (χ3v) is 3.63. The van der Waals surface area contributed by atoms with Gasteiger partial charge in [-0.2, -0.15) is 10.4 Å². The van der Waals surface area contributed by atoms with Gasteiger partial charge in [0.2, 0.25) is 0 Å². The van der Waals surface area contributed by atoms with Crippen molar-refractivity contribution in [3.8, 4) is 6.07 Å². The van der Waals surface area contributed by atoms with Gasteiger partial charge in [-0.1, -0.05) is 6.92 Å². The van der Waals surface area contributed by atoms with Crippen molar-refractivity contribution in [1.29, 1.82) is 5.26 Å². The van der Waals surface area contributed by atoms with Crippen LogP contribution >= 0.6 is 0 Å². The van der Waals surface area contributed by atoms with Gasteiger partial charge in [0.05, 0.1) is 5.69 Å². The minimum atomic E-state index is 0.417. The highest BCUT2D eigenvalue weighted by molar-refractivity contribution is 5.55. The number of nitriles is 1. The molecule has 1 saturated heterocycles. The normalized spacial score (nSPS) is 20.7. The summed E-state index contributed by atoms with van der Waals surface area (Å²) in [5.41, 5.74) is 1.47. The Morgan fingerprint density at radius 3 is 3.00 bits per heavy atom. The molecule has 1 fully saturated rings. The van der Waals surface area contributed by atoms with Gasteiger partial charge in [-0.3, -0.25) is 4.68 Å². The highest BCUT2D eigenvalue weighted by atomic mass is 15.3. The van der Waals surface area contributed by atoms with Crippen LogP contribution in [0.5, 0.6) is 0 Å². The minimum Gasteiger partial charge on any atom is -0.365 e. The number of aryl methyl sites for hydroxylation is 2. The molecule has 18 heavy (non-hydrogen) atoms. The maximum atomic E-state index is 9.19. The molecule has 0 radical (unpaired) electrons. The Bertz CT molecular complexity index is 457. The number of anilines is 1. The maximum absolute atomic E-state index is 9.19. The average Bonchev–Trinajstić information content (AvgIpc) is 2.64. The number of likely N-dealkylation sites (N-methyl/N-ethyl adjacent to an activating group) is 1. The molecule has 1 aliphatic heterocycles. The van der Waals surface area contributed by atoms with Crippen LogP contribution in [0.2, 0.25) is 0 Å². The predicted octanol–water partition coefficient (Wildman–Crippen LogP) is 1.50. The molecule has 2 rings (SSSR count). The molecule has 98 valence electrons. The number of nitrogens with one attached hydrogen (secondary N) is 1. The van der Waals surface area contributed by atoms with Crippen molar-refractivity contribution in [3.05, 3.63) is 11.3 Å². The summed E-state index contributed by atoms with van der Waals surface area (Å²) in [6.45, 7) is 7.39. The second-order valence-electron chi connectivity index (χ2n) is 4.92. The zero-order valence-corrected chi connectivity index (χ0v) is 11.4. The van der Waals surface area contributed by atoms with E-state index in [0.29, 0.717) is 11.6 Å². The van der Waals surface area contributed by atoms with E-state index in [4.69, 9.17) is 0 Å². The molecule has 0 saturated carbocycles. The van der Waals surface area contributed by atoms with Crippen molar-refractivity contribution in [3.63, 3.8) is 0 Å². The highest BCUT2D eigenvalue weighted by Crippen LogP contribution is 2.21. The Hall–Kier alpha value is -1.54. The zero-order chi connectivity index (χ0) is 13.1. The SMILES string of the molecule is CCN1CCCC(Nc2c(C#N)c(C)nn2C)C1. The van der Waals surface area contributed by atoms with E-state index < -0.39 is 0 Å². The first kappa shape index (κ1) is 12.9. The lowest BCUT2D eigenvalue weighted by Crippen LogP contribution is -2.42. The van der Waals surface area contributed by atoms with Gasteiger partial charge >= 0.3 is 0 Å². The molecule has 1 aromatic rings. The summed E-state index contributed by atoms with van der Waals surface area (Å²) in [5.74, 6) is 0.859. The molecule has 0 bridgehead atoms. The van der Waals surface area contributed by atoms with E-state index in [1.807, 2.05) is 14.0 Å². The topological polar surface area (TPSA) is 56.9 Å². The van der Waals surface area contributed by atoms with Gasteiger partial charge in [-0.25, -0.2) is 0 Å². The Labute approximate surface area is 108 Å². The van der Waals surface area contributed by atoms with Gasteiger partial charge in [0.25, 0.3) is 0 Å². The molecule has 0 spiro atoms. The third kappa shape index (κ3) is 2.49. The van der Waals surface area contributed by atoms with Gasteiger partial charge in [0.15, 0.2) is 0 Å². The summed E-state index contributed by atoms with van der Waals surface area (Å²) in [6, 6.07) is 2.66. The van der Waals surface area contributed by atoms with Gasteiger partial charge in [-0.15, -0.1) is 0 Å². The van der Waals surface area contributed by atoms with Crippen LogP contribution in [0.15, 0.2) is 0 Å². The summed E-state index contributed by atoms with van der Waals surface area (Å²) in [7, 11) is 1.89. The van der Waals surface area contributed by atoms with E-state index in [1.54, 1.807) is 4.68 Å². The quantitative estimate of drug-likeness (QED) is 0.879. The first-order valence-electron chi connectivity index (χ1n) is 6.58. The molecule has 1 N–H and O–H groups in total. The predicted molar refractivity (Wildman–Crippen MR) is 71.4 cm³/mol. The van der Waals surface area contributed by atoms with Crippen LogP contribution in [0.3, 0.4) is 0 Å². The average molecular weight is 247 g/mol. The van der Waals surface area contributed by atoms with Crippen molar-refractivity contribution < 1.29 is 0 Å². The number of likely N-dealkylation sites (tertiary alicyclic amines) is 1. The van der Waals surface area contributed by atoms with Crippen LogP contribution in [-0.4, -0.2) is 40.4 Å². The Morgan fingerprint density at radius 1 is 1.56 bits per heavy atom. The van der Waals surface area contributed by atoms with Crippen LogP contribution in [0.4, 0.5) is 5.82 Å². The lowest BCUT2D eigenvalue weighted by atomic mass is 10.1. The van der Waals surface area contributed by atoms with Crippen LogP contribution in [-0.2, 0) is 7.05 Å². The molecule has 1 atom stereocenters. The largest absolute Gasteiger partial charge is 0.365 e. The fourth-order valence-electron chi connectivity index (χ4n) is 2.61.